The molecular formula is C12H17BrN2S2. The second kappa shape index (κ2) is 5.76. The van der Waals surface area contributed by atoms with Gasteiger partial charge < -0.3 is 5.32 Å². The van der Waals surface area contributed by atoms with Gasteiger partial charge in [0.2, 0.25) is 0 Å². The van der Waals surface area contributed by atoms with Crippen molar-refractivity contribution in [3.63, 3.8) is 0 Å². The van der Waals surface area contributed by atoms with Gasteiger partial charge in [0.25, 0.3) is 0 Å². The Labute approximate surface area is 119 Å². The molecule has 0 spiro atoms. The molecule has 0 radical (unpaired) electrons. The third-order valence-corrected chi connectivity index (χ3v) is 5.93. The van der Waals surface area contributed by atoms with E-state index >= 15 is 0 Å². The summed E-state index contributed by atoms with van der Waals surface area (Å²) in [5.41, 5.74) is 0.245. The first-order valence-corrected chi connectivity index (χ1v) is 8.40. The number of hydrogen-bond acceptors (Lipinski definition) is 3. The molecule has 1 atom stereocenters. The van der Waals surface area contributed by atoms with E-state index in [1.54, 1.807) is 11.3 Å². The molecule has 2 nitrogen and oxygen atoms in total. The van der Waals surface area contributed by atoms with Crippen LogP contribution in [0.4, 0.5) is 0 Å². The minimum atomic E-state index is 0.245. The SMILES string of the molecule is CCC1(C)CSC(=NCCc2ccc(Br)s2)N1. The molecule has 2 heterocycles. The van der Waals surface area contributed by atoms with Gasteiger partial charge >= 0.3 is 0 Å². The van der Waals surface area contributed by atoms with Crippen molar-refractivity contribution < 1.29 is 0 Å². The van der Waals surface area contributed by atoms with Crippen LogP contribution in [0.3, 0.4) is 0 Å². The molecule has 94 valence electrons. The molecule has 1 aliphatic heterocycles. The number of thiophene rings is 1. The molecule has 1 fully saturated rings. The molecule has 1 N–H and O–H groups in total. The van der Waals surface area contributed by atoms with E-state index in [1.807, 2.05) is 11.8 Å². The van der Waals surface area contributed by atoms with Gasteiger partial charge in [0.15, 0.2) is 5.17 Å². The van der Waals surface area contributed by atoms with Gasteiger partial charge in [0.1, 0.15) is 0 Å². The first-order valence-electron chi connectivity index (χ1n) is 5.81. The van der Waals surface area contributed by atoms with Crippen LogP contribution in [0.25, 0.3) is 0 Å². The lowest BCUT2D eigenvalue weighted by Crippen LogP contribution is -2.39. The number of nitrogens with one attached hydrogen (secondary N) is 1. The van der Waals surface area contributed by atoms with Crippen molar-refractivity contribution in [2.45, 2.75) is 32.2 Å². The van der Waals surface area contributed by atoms with Crippen LogP contribution in [0, 0.1) is 0 Å². The van der Waals surface area contributed by atoms with Crippen molar-refractivity contribution >= 4 is 44.2 Å². The fraction of sp³-hybridized carbons (Fsp3) is 0.583. The van der Waals surface area contributed by atoms with Crippen LogP contribution >= 0.6 is 39.0 Å². The van der Waals surface area contributed by atoms with Crippen molar-refractivity contribution in [1.29, 1.82) is 0 Å². The number of rotatable bonds is 4. The molecular weight excluding hydrogens is 316 g/mol. The molecule has 0 amide bonds. The molecule has 1 unspecified atom stereocenters. The molecule has 0 aromatic carbocycles. The third kappa shape index (κ3) is 3.73. The Morgan fingerprint density at radius 3 is 2.94 bits per heavy atom. The number of thioether (sulfide) groups is 1. The summed E-state index contributed by atoms with van der Waals surface area (Å²) in [6.07, 6.45) is 2.18. The standard InChI is InChI=1S/C12H17BrN2S2/c1-3-12(2)8-16-11(15-12)14-7-6-9-4-5-10(13)17-9/h4-5H,3,6-8H2,1-2H3,(H,14,15). The minimum absolute atomic E-state index is 0.245. The second-order valence-electron chi connectivity index (χ2n) is 4.47. The number of halogens is 1. The van der Waals surface area contributed by atoms with E-state index in [1.165, 1.54) is 8.66 Å². The molecule has 2 rings (SSSR count). The molecule has 5 heteroatoms. The zero-order chi connectivity index (χ0) is 12.3. The van der Waals surface area contributed by atoms with Gasteiger partial charge in [0, 0.05) is 29.1 Å². The molecule has 1 saturated heterocycles. The molecule has 1 aromatic heterocycles. The molecule has 0 bridgehead atoms. The fourth-order valence-corrected chi connectivity index (χ4v) is 4.29. The van der Waals surface area contributed by atoms with Crippen molar-refractivity contribution in [2.75, 3.05) is 12.3 Å². The maximum absolute atomic E-state index is 4.63. The molecule has 0 aliphatic carbocycles. The highest BCUT2D eigenvalue weighted by Gasteiger charge is 2.30. The summed E-state index contributed by atoms with van der Waals surface area (Å²) >= 11 is 7.12. The molecule has 1 aromatic rings. The Kier molecular flexibility index (Phi) is 4.55. The predicted octanol–water partition coefficient (Wildman–Crippen LogP) is 3.91. The summed E-state index contributed by atoms with van der Waals surface area (Å²) in [7, 11) is 0. The van der Waals surface area contributed by atoms with Gasteiger partial charge in [-0.1, -0.05) is 18.7 Å². The largest absolute Gasteiger partial charge is 0.359 e. The topological polar surface area (TPSA) is 24.4 Å². The van der Waals surface area contributed by atoms with Gasteiger partial charge in [-0.3, -0.25) is 4.99 Å². The molecule has 1 aliphatic rings. The lowest BCUT2D eigenvalue weighted by Gasteiger charge is -2.20. The van der Waals surface area contributed by atoms with E-state index in [2.05, 4.69) is 52.2 Å². The maximum Gasteiger partial charge on any atom is 0.157 e. The lowest BCUT2D eigenvalue weighted by molar-refractivity contribution is 0.466. The summed E-state index contributed by atoms with van der Waals surface area (Å²) in [6.45, 7) is 5.36. The minimum Gasteiger partial charge on any atom is -0.359 e. The smallest absolute Gasteiger partial charge is 0.157 e. The van der Waals surface area contributed by atoms with Crippen molar-refractivity contribution in [1.82, 2.24) is 5.32 Å². The number of nitrogens with zero attached hydrogens (tertiary/aromatic N) is 1. The Bertz CT molecular complexity index is 416. The Morgan fingerprint density at radius 2 is 2.35 bits per heavy atom. The maximum atomic E-state index is 4.63. The number of amidine groups is 1. The number of hydrogen-bond donors (Lipinski definition) is 1. The molecule has 0 saturated carbocycles. The van der Waals surface area contributed by atoms with Gasteiger partial charge in [-0.25, -0.2) is 0 Å². The van der Waals surface area contributed by atoms with E-state index in [0.717, 1.165) is 30.3 Å². The van der Waals surface area contributed by atoms with Crippen LogP contribution in [0.1, 0.15) is 25.1 Å². The van der Waals surface area contributed by atoms with Crippen molar-refractivity contribution in [3.8, 4) is 0 Å². The Balaban J connectivity index is 1.82. The predicted molar refractivity (Wildman–Crippen MR) is 82.3 cm³/mol. The third-order valence-electron chi connectivity index (χ3n) is 2.96. The Morgan fingerprint density at radius 1 is 1.53 bits per heavy atom. The zero-order valence-corrected chi connectivity index (χ0v) is 13.3. The summed E-state index contributed by atoms with van der Waals surface area (Å²) in [4.78, 5) is 6.02. The van der Waals surface area contributed by atoms with Gasteiger partial charge in [0.05, 0.1) is 3.79 Å². The quantitative estimate of drug-likeness (QED) is 0.903. The highest BCUT2D eigenvalue weighted by molar-refractivity contribution is 9.11. The first-order chi connectivity index (χ1) is 8.11. The van der Waals surface area contributed by atoms with Crippen LogP contribution < -0.4 is 5.32 Å². The van der Waals surface area contributed by atoms with E-state index in [9.17, 15) is 0 Å². The van der Waals surface area contributed by atoms with Crippen LogP contribution in [0.5, 0.6) is 0 Å². The Hall–Kier alpha value is -0.0000000000000000278. The van der Waals surface area contributed by atoms with Gasteiger partial charge in [-0.2, -0.15) is 0 Å². The summed E-state index contributed by atoms with van der Waals surface area (Å²) in [5.74, 6) is 1.13. The van der Waals surface area contributed by atoms with Crippen LogP contribution in [-0.2, 0) is 6.42 Å². The summed E-state index contributed by atoms with van der Waals surface area (Å²) in [5, 5.41) is 4.63. The van der Waals surface area contributed by atoms with Crippen LogP contribution in [0.2, 0.25) is 0 Å². The van der Waals surface area contributed by atoms with Crippen molar-refractivity contribution in [2.24, 2.45) is 4.99 Å². The van der Waals surface area contributed by atoms with Crippen molar-refractivity contribution in [3.05, 3.63) is 20.8 Å². The van der Waals surface area contributed by atoms with E-state index in [4.69, 9.17) is 0 Å². The average molecular weight is 333 g/mol. The van der Waals surface area contributed by atoms with E-state index in [-0.39, 0.29) is 5.54 Å². The monoisotopic (exact) mass is 332 g/mol. The lowest BCUT2D eigenvalue weighted by atomic mass is 10.0. The zero-order valence-electron chi connectivity index (χ0n) is 10.1. The fourth-order valence-electron chi connectivity index (χ4n) is 1.59. The summed E-state index contributed by atoms with van der Waals surface area (Å²) in [6, 6.07) is 4.27. The highest BCUT2D eigenvalue weighted by atomic mass is 79.9. The normalized spacial score (nSPS) is 26.4. The average Bonchev–Trinajstić information content (AvgIpc) is 2.87. The van der Waals surface area contributed by atoms with E-state index in [0.29, 0.717) is 0 Å². The van der Waals surface area contributed by atoms with Crippen LogP contribution in [0.15, 0.2) is 20.9 Å². The number of aliphatic imine (C=N–C) groups is 1. The van der Waals surface area contributed by atoms with Crippen LogP contribution in [-0.4, -0.2) is 23.0 Å². The first kappa shape index (κ1) is 13.4. The highest BCUT2D eigenvalue weighted by Crippen LogP contribution is 2.26. The van der Waals surface area contributed by atoms with Gasteiger partial charge in [-0.15, -0.1) is 11.3 Å². The van der Waals surface area contributed by atoms with E-state index < -0.39 is 0 Å². The second-order valence-corrected chi connectivity index (χ2v) is 7.98. The summed E-state index contributed by atoms with van der Waals surface area (Å²) < 4.78 is 1.20. The van der Waals surface area contributed by atoms with Gasteiger partial charge in [-0.05, 0) is 41.4 Å². The molecule has 17 heavy (non-hydrogen) atoms.